The van der Waals surface area contributed by atoms with Crippen LogP contribution in [0.2, 0.25) is 0 Å². The van der Waals surface area contributed by atoms with E-state index in [4.69, 9.17) is 20.4 Å². The molecule has 19 heavy (non-hydrogen) atoms. The fourth-order valence-corrected chi connectivity index (χ4v) is 1.52. The zero-order valence-corrected chi connectivity index (χ0v) is 11.7. The summed E-state index contributed by atoms with van der Waals surface area (Å²) < 4.78 is 11.2. The molecule has 0 aromatic heterocycles. The first-order chi connectivity index (χ1) is 9.01. The quantitative estimate of drug-likeness (QED) is 0.344. The van der Waals surface area contributed by atoms with Gasteiger partial charge in [0.1, 0.15) is 5.84 Å². The van der Waals surface area contributed by atoms with E-state index in [2.05, 4.69) is 5.16 Å². The first kappa shape index (κ1) is 15.1. The maximum atomic E-state index is 8.70. The highest BCUT2D eigenvalue weighted by Crippen LogP contribution is 2.28. The Kier molecular flexibility index (Phi) is 5.48. The predicted molar refractivity (Wildman–Crippen MR) is 74.9 cm³/mol. The lowest BCUT2D eigenvalue weighted by atomic mass is 9.88. The second kappa shape index (κ2) is 6.87. The zero-order valence-electron chi connectivity index (χ0n) is 11.7. The van der Waals surface area contributed by atoms with E-state index in [-0.39, 0.29) is 5.84 Å². The normalized spacial score (nSPS) is 12.3. The van der Waals surface area contributed by atoms with Crippen LogP contribution in [0.3, 0.4) is 0 Å². The van der Waals surface area contributed by atoms with Crippen LogP contribution in [0.25, 0.3) is 0 Å². The van der Waals surface area contributed by atoms with Crippen LogP contribution in [-0.4, -0.2) is 24.3 Å². The lowest BCUT2D eigenvalue weighted by molar-refractivity contribution is 0.243. The van der Waals surface area contributed by atoms with Gasteiger partial charge in [-0.25, -0.2) is 0 Å². The van der Waals surface area contributed by atoms with Gasteiger partial charge in [0.25, 0.3) is 0 Å². The van der Waals surface area contributed by atoms with Gasteiger partial charge in [-0.05, 0) is 25.5 Å². The second-order valence-electron chi connectivity index (χ2n) is 4.85. The molecule has 0 saturated carbocycles. The largest absolute Gasteiger partial charge is 0.490 e. The maximum Gasteiger partial charge on any atom is 0.161 e. The molecule has 0 unspecified atom stereocenters. The van der Waals surface area contributed by atoms with Crippen molar-refractivity contribution in [3.8, 4) is 11.5 Å². The van der Waals surface area contributed by atoms with Crippen molar-refractivity contribution in [1.29, 1.82) is 0 Å². The minimum atomic E-state index is -0.407. The molecule has 106 valence electrons. The minimum absolute atomic E-state index is 0.203. The van der Waals surface area contributed by atoms with Crippen LogP contribution in [0.15, 0.2) is 29.4 Å². The first-order valence-corrected chi connectivity index (χ1v) is 6.34. The Balaban J connectivity index is 2.58. The lowest BCUT2D eigenvalue weighted by Gasteiger charge is -2.23. The Morgan fingerprint density at radius 3 is 2.37 bits per heavy atom. The molecule has 0 heterocycles. The SMILES string of the molecule is CCOc1ccccc1OCCC(C)(C)C(N)=NO. The Morgan fingerprint density at radius 2 is 1.84 bits per heavy atom. The van der Waals surface area contributed by atoms with Gasteiger partial charge in [0, 0.05) is 5.41 Å². The third kappa shape index (κ3) is 4.35. The Morgan fingerprint density at radius 1 is 1.26 bits per heavy atom. The molecule has 0 aliphatic carbocycles. The highest BCUT2D eigenvalue weighted by Gasteiger charge is 2.23. The molecule has 0 radical (unpaired) electrons. The molecule has 1 aromatic rings. The van der Waals surface area contributed by atoms with Crippen LogP contribution < -0.4 is 15.2 Å². The zero-order chi connectivity index (χ0) is 14.3. The van der Waals surface area contributed by atoms with E-state index in [0.717, 1.165) is 5.75 Å². The molecule has 0 aliphatic heterocycles. The van der Waals surface area contributed by atoms with Crippen LogP contribution in [0.1, 0.15) is 27.2 Å². The summed E-state index contributed by atoms with van der Waals surface area (Å²) in [5.41, 5.74) is 5.22. The molecule has 0 spiro atoms. The molecule has 0 saturated heterocycles. The number of rotatable bonds is 7. The van der Waals surface area contributed by atoms with E-state index in [1.54, 1.807) is 0 Å². The van der Waals surface area contributed by atoms with Crippen molar-refractivity contribution in [3.63, 3.8) is 0 Å². The number of hydrogen-bond donors (Lipinski definition) is 2. The average molecular weight is 266 g/mol. The van der Waals surface area contributed by atoms with Gasteiger partial charge in [0.05, 0.1) is 13.2 Å². The van der Waals surface area contributed by atoms with Crippen molar-refractivity contribution in [2.24, 2.45) is 16.3 Å². The van der Waals surface area contributed by atoms with Gasteiger partial charge in [0.2, 0.25) is 0 Å². The van der Waals surface area contributed by atoms with Gasteiger partial charge in [-0.3, -0.25) is 0 Å². The number of benzene rings is 1. The molecule has 0 atom stereocenters. The molecule has 0 aliphatic rings. The highest BCUT2D eigenvalue weighted by molar-refractivity contribution is 5.85. The molecule has 1 rings (SSSR count). The minimum Gasteiger partial charge on any atom is -0.490 e. The van der Waals surface area contributed by atoms with Crippen molar-refractivity contribution >= 4 is 5.84 Å². The fourth-order valence-electron chi connectivity index (χ4n) is 1.52. The second-order valence-corrected chi connectivity index (χ2v) is 4.85. The van der Waals surface area contributed by atoms with E-state index < -0.39 is 5.41 Å². The van der Waals surface area contributed by atoms with Crippen LogP contribution in [0.4, 0.5) is 0 Å². The number of oxime groups is 1. The molecule has 0 bridgehead atoms. The summed E-state index contributed by atoms with van der Waals surface area (Å²) >= 11 is 0. The van der Waals surface area contributed by atoms with Crippen LogP contribution in [0.5, 0.6) is 11.5 Å². The molecule has 5 nitrogen and oxygen atoms in total. The number of ether oxygens (including phenoxy) is 2. The van der Waals surface area contributed by atoms with Gasteiger partial charge in [-0.1, -0.05) is 31.1 Å². The maximum absolute atomic E-state index is 8.70. The average Bonchev–Trinajstić information content (AvgIpc) is 2.40. The summed E-state index contributed by atoms with van der Waals surface area (Å²) in [6.07, 6.45) is 0.642. The standard InChI is InChI=1S/C14H22N2O3/c1-4-18-11-7-5-6-8-12(11)19-10-9-14(2,3)13(15)16-17/h5-8,17H,4,9-10H2,1-3H3,(H2,15,16). The van der Waals surface area contributed by atoms with Gasteiger partial charge >= 0.3 is 0 Å². The topological polar surface area (TPSA) is 77.1 Å². The summed E-state index contributed by atoms with van der Waals surface area (Å²) in [6, 6.07) is 7.53. The van der Waals surface area contributed by atoms with E-state index >= 15 is 0 Å². The van der Waals surface area contributed by atoms with Gasteiger partial charge < -0.3 is 20.4 Å². The van der Waals surface area contributed by atoms with Gasteiger partial charge in [0.15, 0.2) is 11.5 Å². The number of nitrogens with two attached hydrogens (primary N) is 1. The predicted octanol–water partition coefficient (Wildman–Crippen LogP) is 2.63. The Hall–Kier alpha value is -1.91. The number of para-hydroxylation sites is 2. The fraction of sp³-hybridized carbons (Fsp3) is 0.500. The van der Waals surface area contributed by atoms with Crippen LogP contribution in [-0.2, 0) is 0 Å². The van der Waals surface area contributed by atoms with Gasteiger partial charge in [-0.15, -0.1) is 0 Å². The molecule has 3 N–H and O–H groups in total. The third-order valence-corrected chi connectivity index (χ3v) is 2.93. The van der Waals surface area contributed by atoms with Crippen molar-refractivity contribution in [2.75, 3.05) is 13.2 Å². The van der Waals surface area contributed by atoms with Crippen molar-refractivity contribution in [2.45, 2.75) is 27.2 Å². The summed E-state index contributed by atoms with van der Waals surface area (Å²) in [5.74, 6) is 1.64. The Labute approximate surface area is 114 Å². The third-order valence-electron chi connectivity index (χ3n) is 2.93. The van der Waals surface area contributed by atoms with E-state index in [1.165, 1.54) is 0 Å². The summed E-state index contributed by atoms with van der Waals surface area (Å²) in [6.45, 7) is 6.79. The molecule has 1 aromatic carbocycles. The number of amidine groups is 1. The van der Waals surface area contributed by atoms with Crippen LogP contribution in [0, 0.1) is 5.41 Å². The smallest absolute Gasteiger partial charge is 0.161 e. The molecule has 5 heteroatoms. The van der Waals surface area contributed by atoms with E-state index in [0.29, 0.717) is 25.4 Å². The van der Waals surface area contributed by atoms with Crippen molar-refractivity contribution < 1.29 is 14.7 Å². The first-order valence-electron chi connectivity index (χ1n) is 6.34. The number of hydrogen-bond acceptors (Lipinski definition) is 4. The van der Waals surface area contributed by atoms with E-state index in [1.807, 2.05) is 45.0 Å². The summed E-state index contributed by atoms with van der Waals surface area (Å²) in [5, 5.41) is 11.7. The summed E-state index contributed by atoms with van der Waals surface area (Å²) in [4.78, 5) is 0. The lowest BCUT2D eigenvalue weighted by Crippen LogP contribution is -2.33. The molecule has 0 fully saturated rings. The number of nitrogens with zero attached hydrogens (tertiary/aromatic N) is 1. The van der Waals surface area contributed by atoms with Gasteiger partial charge in [-0.2, -0.15) is 0 Å². The van der Waals surface area contributed by atoms with Crippen molar-refractivity contribution in [1.82, 2.24) is 0 Å². The molecular formula is C14H22N2O3. The molecular weight excluding hydrogens is 244 g/mol. The van der Waals surface area contributed by atoms with E-state index in [9.17, 15) is 0 Å². The summed E-state index contributed by atoms with van der Waals surface area (Å²) in [7, 11) is 0. The van der Waals surface area contributed by atoms with Crippen molar-refractivity contribution in [3.05, 3.63) is 24.3 Å². The Bertz CT molecular complexity index is 430. The highest BCUT2D eigenvalue weighted by atomic mass is 16.5. The van der Waals surface area contributed by atoms with Crippen LogP contribution >= 0.6 is 0 Å². The molecule has 0 amide bonds. The monoisotopic (exact) mass is 266 g/mol.